The lowest BCUT2D eigenvalue weighted by Gasteiger charge is -2.06. The van der Waals surface area contributed by atoms with E-state index in [9.17, 15) is 9.59 Å². The van der Waals surface area contributed by atoms with E-state index in [0.717, 1.165) is 24.7 Å². The summed E-state index contributed by atoms with van der Waals surface area (Å²) in [5.74, 6) is 1.13. The number of amides is 1. The number of rotatable bonds is 6. The molecule has 5 heteroatoms. The van der Waals surface area contributed by atoms with E-state index in [1.807, 2.05) is 0 Å². The predicted molar refractivity (Wildman–Crippen MR) is 74.3 cm³/mol. The van der Waals surface area contributed by atoms with Gasteiger partial charge < -0.3 is 15.2 Å². The summed E-state index contributed by atoms with van der Waals surface area (Å²) >= 11 is 0. The van der Waals surface area contributed by atoms with E-state index < -0.39 is 12.1 Å². The second kappa shape index (κ2) is 7.31. The Kier molecular flexibility index (Phi) is 5.44. The number of hydrogen-bond acceptors (Lipinski definition) is 3. The van der Waals surface area contributed by atoms with Gasteiger partial charge in [-0.2, -0.15) is 0 Å². The predicted octanol–water partition coefficient (Wildman–Crippen LogP) is 2.57. The molecule has 0 bridgehead atoms. The molecular weight excluding hydrogens is 258 g/mol. The van der Waals surface area contributed by atoms with E-state index in [2.05, 4.69) is 17.5 Å². The Bertz CT molecular complexity index is 364. The number of aliphatic carboxylic acids is 1. The highest BCUT2D eigenvalue weighted by Gasteiger charge is 2.49. The Morgan fingerprint density at radius 2 is 1.85 bits per heavy atom. The van der Waals surface area contributed by atoms with Crippen LogP contribution in [0.2, 0.25) is 0 Å². The van der Waals surface area contributed by atoms with E-state index in [0.29, 0.717) is 25.5 Å². The minimum absolute atomic E-state index is 0.0695. The first-order valence-corrected chi connectivity index (χ1v) is 7.46. The number of alkyl carbamates (subject to hydrolysis) is 1. The molecule has 0 radical (unpaired) electrons. The largest absolute Gasteiger partial charge is 0.481 e. The fourth-order valence-corrected chi connectivity index (χ4v) is 3.09. The highest BCUT2D eigenvalue weighted by atomic mass is 16.5. The van der Waals surface area contributed by atoms with Crippen molar-refractivity contribution in [2.45, 2.75) is 38.5 Å². The topological polar surface area (TPSA) is 75.6 Å². The first kappa shape index (κ1) is 14.9. The van der Waals surface area contributed by atoms with Crippen LogP contribution in [0.1, 0.15) is 38.5 Å². The van der Waals surface area contributed by atoms with Gasteiger partial charge in [0.25, 0.3) is 0 Å². The number of carbonyl (C=O) groups excluding carboxylic acids is 1. The van der Waals surface area contributed by atoms with Crippen molar-refractivity contribution in [3.63, 3.8) is 0 Å². The molecule has 2 atom stereocenters. The molecule has 0 heterocycles. The zero-order valence-corrected chi connectivity index (χ0v) is 11.7. The monoisotopic (exact) mass is 281 g/mol. The number of carbonyl (C=O) groups is 2. The van der Waals surface area contributed by atoms with Gasteiger partial charge in [-0.3, -0.25) is 4.79 Å². The summed E-state index contributed by atoms with van der Waals surface area (Å²) in [5.41, 5.74) is 0. The van der Waals surface area contributed by atoms with E-state index >= 15 is 0 Å². The summed E-state index contributed by atoms with van der Waals surface area (Å²) in [6.07, 6.45) is 9.27. The number of hydrogen-bond donors (Lipinski definition) is 2. The average molecular weight is 281 g/mol. The summed E-state index contributed by atoms with van der Waals surface area (Å²) in [6, 6.07) is 0. The van der Waals surface area contributed by atoms with Crippen molar-refractivity contribution < 1.29 is 19.4 Å². The van der Waals surface area contributed by atoms with E-state index in [-0.39, 0.29) is 6.42 Å². The molecule has 0 saturated heterocycles. The molecule has 0 aromatic carbocycles. The van der Waals surface area contributed by atoms with Crippen molar-refractivity contribution in [3.05, 3.63) is 12.2 Å². The quantitative estimate of drug-likeness (QED) is 0.579. The molecule has 2 rings (SSSR count). The third-order valence-electron chi connectivity index (χ3n) is 4.25. The number of nitrogens with one attached hydrogen (secondary N) is 1. The number of ether oxygens (including phenoxy) is 1. The first-order valence-electron chi connectivity index (χ1n) is 7.46. The number of allylic oxidation sites excluding steroid dienone is 2. The van der Waals surface area contributed by atoms with Gasteiger partial charge in [0.2, 0.25) is 0 Å². The minimum Gasteiger partial charge on any atom is -0.481 e. The Morgan fingerprint density at radius 3 is 2.45 bits per heavy atom. The van der Waals surface area contributed by atoms with E-state index in [1.54, 1.807) is 0 Å². The standard InChI is InChI=1S/C15H23NO4/c17-14(18)8-5-9-16-15(19)20-10-13-11-6-3-1-2-4-7-12(11)13/h1-2,11-13H,3-10H2,(H,16,19)(H,17,18). The second-order valence-corrected chi connectivity index (χ2v) is 5.64. The van der Waals surface area contributed by atoms with Crippen molar-refractivity contribution in [1.29, 1.82) is 0 Å². The zero-order chi connectivity index (χ0) is 14.4. The number of carboxylic acid groups (broad SMARTS) is 1. The van der Waals surface area contributed by atoms with E-state index in [4.69, 9.17) is 9.84 Å². The zero-order valence-electron chi connectivity index (χ0n) is 11.7. The molecule has 1 fully saturated rings. The molecule has 20 heavy (non-hydrogen) atoms. The average Bonchev–Trinajstić information content (AvgIpc) is 3.02. The highest BCUT2D eigenvalue weighted by Crippen LogP contribution is 2.52. The number of fused-ring (bicyclic) bond motifs is 1. The molecule has 2 unspecified atom stereocenters. The molecule has 1 saturated carbocycles. The highest BCUT2D eigenvalue weighted by molar-refractivity contribution is 5.68. The van der Waals surface area contributed by atoms with Crippen LogP contribution in [0.5, 0.6) is 0 Å². The molecular formula is C15H23NO4. The van der Waals surface area contributed by atoms with Crippen molar-refractivity contribution >= 4 is 12.1 Å². The maximum absolute atomic E-state index is 11.5. The maximum Gasteiger partial charge on any atom is 0.407 e. The summed E-state index contributed by atoms with van der Waals surface area (Å²) < 4.78 is 5.23. The molecule has 2 aliphatic rings. The third kappa shape index (κ3) is 4.54. The lowest BCUT2D eigenvalue weighted by Crippen LogP contribution is -2.26. The van der Waals surface area contributed by atoms with Gasteiger partial charge in [0.1, 0.15) is 0 Å². The minimum atomic E-state index is -0.844. The first-order chi connectivity index (χ1) is 9.68. The van der Waals surface area contributed by atoms with Gasteiger partial charge in [0.05, 0.1) is 6.61 Å². The fourth-order valence-electron chi connectivity index (χ4n) is 3.09. The maximum atomic E-state index is 11.5. The summed E-state index contributed by atoms with van der Waals surface area (Å²) in [4.78, 5) is 21.8. The second-order valence-electron chi connectivity index (χ2n) is 5.64. The molecule has 1 amide bonds. The van der Waals surface area contributed by atoms with Crippen LogP contribution >= 0.6 is 0 Å². The molecule has 2 aliphatic carbocycles. The fraction of sp³-hybridized carbons (Fsp3) is 0.733. The number of carboxylic acids is 1. The van der Waals surface area contributed by atoms with Gasteiger partial charge in [-0.25, -0.2) is 4.79 Å². The Morgan fingerprint density at radius 1 is 1.20 bits per heavy atom. The lowest BCUT2D eigenvalue weighted by atomic mass is 10.1. The Hall–Kier alpha value is -1.52. The van der Waals surface area contributed by atoms with Crippen LogP contribution in [0.4, 0.5) is 4.79 Å². The van der Waals surface area contributed by atoms with Crippen LogP contribution in [0, 0.1) is 17.8 Å². The Balaban J connectivity index is 1.57. The van der Waals surface area contributed by atoms with Crippen LogP contribution in [-0.2, 0) is 9.53 Å². The lowest BCUT2D eigenvalue weighted by molar-refractivity contribution is -0.137. The van der Waals surface area contributed by atoms with Crippen LogP contribution in [0.3, 0.4) is 0 Å². The van der Waals surface area contributed by atoms with Gasteiger partial charge in [-0.05, 0) is 49.9 Å². The Labute approximate surface area is 119 Å². The molecule has 0 aromatic heterocycles. The van der Waals surface area contributed by atoms with Crippen molar-refractivity contribution in [2.24, 2.45) is 17.8 Å². The van der Waals surface area contributed by atoms with Crippen molar-refractivity contribution in [1.82, 2.24) is 5.32 Å². The molecule has 112 valence electrons. The molecule has 5 nitrogen and oxygen atoms in total. The SMILES string of the molecule is O=C(O)CCCNC(=O)OCC1C2CCC=CCCC21. The van der Waals surface area contributed by atoms with Gasteiger partial charge in [-0.1, -0.05) is 12.2 Å². The van der Waals surface area contributed by atoms with Crippen molar-refractivity contribution in [3.8, 4) is 0 Å². The molecule has 0 aromatic rings. The molecule has 0 spiro atoms. The van der Waals surface area contributed by atoms with Crippen LogP contribution in [0.25, 0.3) is 0 Å². The van der Waals surface area contributed by atoms with Crippen LogP contribution in [0.15, 0.2) is 12.2 Å². The summed E-state index contributed by atoms with van der Waals surface area (Å²) in [6.45, 7) is 0.854. The molecule has 0 aliphatic heterocycles. The summed E-state index contributed by atoms with van der Waals surface area (Å²) in [5, 5.41) is 11.1. The normalized spacial score (nSPS) is 27.9. The van der Waals surface area contributed by atoms with Crippen molar-refractivity contribution in [2.75, 3.05) is 13.2 Å². The smallest absolute Gasteiger partial charge is 0.407 e. The van der Waals surface area contributed by atoms with Gasteiger partial charge in [0.15, 0.2) is 0 Å². The summed E-state index contributed by atoms with van der Waals surface area (Å²) in [7, 11) is 0. The van der Waals surface area contributed by atoms with Gasteiger partial charge in [-0.15, -0.1) is 0 Å². The van der Waals surface area contributed by atoms with Gasteiger partial charge in [0, 0.05) is 13.0 Å². The molecule has 2 N–H and O–H groups in total. The van der Waals surface area contributed by atoms with Crippen LogP contribution < -0.4 is 5.32 Å². The third-order valence-corrected chi connectivity index (χ3v) is 4.25. The van der Waals surface area contributed by atoms with E-state index in [1.165, 1.54) is 12.8 Å². The van der Waals surface area contributed by atoms with Crippen LogP contribution in [-0.4, -0.2) is 30.3 Å². The van der Waals surface area contributed by atoms with Gasteiger partial charge >= 0.3 is 12.1 Å².